The Bertz CT molecular complexity index is 605. The molecule has 0 aliphatic heterocycles. The fourth-order valence-corrected chi connectivity index (χ4v) is 3.18. The zero-order chi connectivity index (χ0) is 14.7. The van der Waals surface area contributed by atoms with E-state index in [0.717, 1.165) is 10.2 Å². The predicted molar refractivity (Wildman–Crippen MR) is 87.2 cm³/mol. The maximum Gasteiger partial charge on any atom is 0.142 e. The molecule has 1 heterocycles. The van der Waals surface area contributed by atoms with Gasteiger partial charge in [-0.1, -0.05) is 35.2 Å². The van der Waals surface area contributed by atoms with E-state index in [2.05, 4.69) is 31.9 Å². The van der Waals surface area contributed by atoms with E-state index in [9.17, 15) is 0 Å². The molecule has 0 bridgehead atoms. The molecule has 4 nitrogen and oxygen atoms in total. The van der Waals surface area contributed by atoms with Crippen LogP contribution >= 0.6 is 15.9 Å². The third-order valence-corrected chi connectivity index (χ3v) is 4.45. The molecule has 1 saturated carbocycles. The molecule has 112 valence electrons. The zero-order valence-electron chi connectivity index (χ0n) is 12.0. The second kappa shape index (κ2) is 6.52. The van der Waals surface area contributed by atoms with Gasteiger partial charge in [-0.05, 0) is 37.1 Å². The van der Waals surface area contributed by atoms with Crippen LogP contribution in [0.5, 0.6) is 5.75 Å². The summed E-state index contributed by atoms with van der Waals surface area (Å²) < 4.78 is 8.81. The summed E-state index contributed by atoms with van der Waals surface area (Å²) in [4.78, 5) is 0. The Labute approximate surface area is 133 Å². The minimum atomic E-state index is 0.450. The molecule has 0 atom stereocenters. The number of rotatable bonds is 4. The van der Waals surface area contributed by atoms with Crippen molar-refractivity contribution in [1.29, 1.82) is 0 Å². The Morgan fingerprint density at radius 3 is 2.81 bits per heavy atom. The molecule has 0 saturated heterocycles. The minimum Gasteiger partial charge on any atom is -0.485 e. The number of nitrogen functional groups attached to an aromatic ring is 1. The van der Waals surface area contributed by atoms with Gasteiger partial charge < -0.3 is 10.5 Å². The van der Waals surface area contributed by atoms with E-state index in [4.69, 9.17) is 10.5 Å². The average Bonchev–Trinajstić information content (AvgIpc) is 2.96. The second-order valence-electron chi connectivity index (χ2n) is 5.55. The first kappa shape index (κ1) is 14.4. The molecule has 1 aromatic carbocycles. The summed E-state index contributed by atoms with van der Waals surface area (Å²) in [6, 6.07) is 8.23. The maximum atomic E-state index is 5.93. The van der Waals surface area contributed by atoms with Crippen LogP contribution in [-0.4, -0.2) is 9.78 Å². The summed E-state index contributed by atoms with van der Waals surface area (Å²) in [5.74, 6) is 0.699. The summed E-state index contributed by atoms with van der Waals surface area (Å²) >= 11 is 3.39. The first-order valence-corrected chi connectivity index (χ1v) is 8.23. The van der Waals surface area contributed by atoms with Crippen molar-refractivity contribution in [3.05, 3.63) is 40.6 Å². The van der Waals surface area contributed by atoms with Gasteiger partial charge in [-0.2, -0.15) is 5.10 Å². The average molecular weight is 350 g/mol. The van der Waals surface area contributed by atoms with E-state index in [0.29, 0.717) is 24.1 Å². The molecule has 2 N–H and O–H groups in total. The van der Waals surface area contributed by atoms with Crippen molar-refractivity contribution >= 4 is 21.6 Å². The van der Waals surface area contributed by atoms with Gasteiger partial charge in [0.2, 0.25) is 0 Å². The van der Waals surface area contributed by atoms with Gasteiger partial charge in [-0.3, -0.25) is 4.68 Å². The lowest BCUT2D eigenvalue weighted by Gasteiger charge is -2.21. The van der Waals surface area contributed by atoms with Crippen LogP contribution in [0.15, 0.2) is 34.9 Å². The van der Waals surface area contributed by atoms with Crippen molar-refractivity contribution in [2.45, 2.75) is 44.8 Å². The first-order chi connectivity index (χ1) is 10.2. The van der Waals surface area contributed by atoms with Gasteiger partial charge >= 0.3 is 0 Å². The van der Waals surface area contributed by atoms with Gasteiger partial charge in [-0.15, -0.1) is 0 Å². The van der Waals surface area contributed by atoms with Gasteiger partial charge in [0.25, 0.3) is 0 Å². The first-order valence-electron chi connectivity index (χ1n) is 7.44. The van der Waals surface area contributed by atoms with E-state index in [-0.39, 0.29) is 0 Å². The van der Waals surface area contributed by atoms with Crippen LogP contribution in [0.3, 0.4) is 0 Å². The molecule has 1 aliphatic carbocycles. The van der Waals surface area contributed by atoms with E-state index in [1.54, 1.807) is 0 Å². The second-order valence-corrected chi connectivity index (χ2v) is 6.47. The number of nitrogens with two attached hydrogens (primary N) is 1. The SMILES string of the molecule is Nc1cc(Br)ccc1OCc1ccn(C2CCCCC2)n1. The molecule has 0 amide bonds. The summed E-state index contributed by atoms with van der Waals surface area (Å²) in [6.45, 7) is 0.450. The van der Waals surface area contributed by atoms with Crippen molar-refractivity contribution in [2.24, 2.45) is 0 Å². The van der Waals surface area contributed by atoms with Crippen LogP contribution in [0, 0.1) is 0 Å². The number of hydrogen-bond donors (Lipinski definition) is 1. The predicted octanol–water partition coefficient (Wildman–Crippen LogP) is 4.31. The third-order valence-electron chi connectivity index (χ3n) is 3.96. The van der Waals surface area contributed by atoms with Gasteiger partial charge in [0, 0.05) is 10.7 Å². The van der Waals surface area contributed by atoms with Gasteiger partial charge in [0.05, 0.1) is 17.4 Å². The largest absolute Gasteiger partial charge is 0.485 e. The van der Waals surface area contributed by atoms with E-state index in [1.165, 1.54) is 32.1 Å². The van der Waals surface area contributed by atoms with Crippen molar-refractivity contribution < 1.29 is 4.74 Å². The van der Waals surface area contributed by atoms with Crippen LogP contribution < -0.4 is 10.5 Å². The van der Waals surface area contributed by atoms with Crippen molar-refractivity contribution in [3.63, 3.8) is 0 Å². The molecular weight excluding hydrogens is 330 g/mol. The molecule has 0 radical (unpaired) electrons. The van der Waals surface area contributed by atoms with Crippen LogP contribution in [0.4, 0.5) is 5.69 Å². The van der Waals surface area contributed by atoms with Crippen molar-refractivity contribution in [3.8, 4) is 5.75 Å². The molecule has 1 aliphatic rings. The smallest absolute Gasteiger partial charge is 0.142 e. The normalized spacial score (nSPS) is 16.0. The Morgan fingerprint density at radius 2 is 2.05 bits per heavy atom. The maximum absolute atomic E-state index is 5.93. The van der Waals surface area contributed by atoms with Crippen LogP contribution in [0.25, 0.3) is 0 Å². The van der Waals surface area contributed by atoms with Gasteiger partial charge in [-0.25, -0.2) is 0 Å². The molecule has 1 fully saturated rings. The third kappa shape index (κ3) is 3.59. The quantitative estimate of drug-likeness (QED) is 0.836. The fraction of sp³-hybridized carbons (Fsp3) is 0.438. The number of hydrogen-bond acceptors (Lipinski definition) is 3. The fourth-order valence-electron chi connectivity index (χ4n) is 2.81. The molecule has 1 aromatic heterocycles. The van der Waals surface area contributed by atoms with E-state index < -0.39 is 0 Å². The van der Waals surface area contributed by atoms with Crippen molar-refractivity contribution in [2.75, 3.05) is 5.73 Å². The summed E-state index contributed by atoms with van der Waals surface area (Å²) in [5, 5.41) is 4.64. The minimum absolute atomic E-state index is 0.450. The summed E-state index contributed by atoms with van der Waals surface area (Å²) in [5.41, 5.74) is 7.51. The lowest BCUT2D eigenvalue weighted by molar-refractivity contribution is 0.292. The van der Waals surface area contributed by atoms with Gasteiger partial charge in [0.1, 0.15) is 12.4 Å². The number of benzene rings is 1. The Kier molecular flexibility index (Phi) is 4.48. The Morgan fingerprint density at radius 1 is 1.24 bits per heavy atom. The van der Waals surface area contributed by atoms with Crippen LogP contribution in [0.1, 0.15) is 43.8 Å². The number of anilines is 1. The molecular formula is C16H20BrN3O. The number of aromatic nitrogens is 2. The molecule has 3 rings (SSSR count). The number of halogens is 1. The highest BCUT2D eigenvalue weighted by Gasteiger charge is 2.16. The van der Waals surface area contributed by atoms with Crippen LogP contribution in [-0.2, 0) is 6.61 Å². The Balaban J connectivity index is 1.61. The monoisotopic (exact) mass is 349 g/mol. The highest BCUT2D eigenvalue weighted by molar-refractivity contribution is 9.10. The Hall–Kier alpha value is -1.49. The van der Waals surface area contributed by atoms with Crippen molar-refractivity contribution in [1.82, 2.24) is 9.78 Å². The molecule has 0 unspecified atom stereocenters. The highest BCUT2D eigenvalue weighted by atomic mass is 79.9. The highest BCUT2D eigenvalue weighted by Crippen LogP contribution is 2.28. The zero-order valence-corrected chi connectivity index (χ0v) is 13.6. The van der Waals surface area contributed by atoms with Gasteiger partial charge in [0.15, 0.2) is 0 Å². The lowest BCUT2D eigenvalue weighted by Crippen LogP contribution is -2.13. The number of nitrogens with zero attached hydrogens (tertiary/aromatic N) is 2. The summed E-state index contributed by atoms with van der Waals surface area (Å²) in [7, 11) is 0. The molecule has 5 heteroatoms. The molecule has 21 heavy (non-hydrogen) atoms. The molecule has 2 aromatic rings. The topological polar surface area (TPSA) is 53.1 Å². The van der Waals surface area contributed by atoms with E-state index >= 15 is 0 Å². The van der Waals surface area contributed by atoms with Crippen LogP contribution in [0.2, 0.25) is 0 Å². The lowest BCUT2D eigenvalue weighted by atomic mass is 9.96. The number of ether oxygens (including phenoxy) is 1. The standard InChI is InChI=1S/C16H20BrN3O/c17-12-6-7-16(15(18)10-12)21-11-13-8-9-20(19-13)14-4-2-1-3-5-14/h6-10,14H,1-5,11,18H2. The summed E-state index contributed by atoms with van der Waals surface area (Å²) in [6.07, 6.45) is 8.52. The van der Waals surface area contributed by atoms with E-state index in [1.807, 2.05) is 24.3 Å². The molecule has 0 spiro atoms.